The molecule has 18 heavy (non-hydrogen) atoms. The summed E-state index contributed by atoms with van der Waals surface area (Å²) in [4.78, 5) is 15.6. The van der Waals surface area contributed by atoms with E-state index in [1.165, 1.54) is 29.2 Å². The van der Waals surface area contributed by atoms with Crippen molar-refractivity contribution < 1.29 is 4.39 Å². The van der Waals surface area contributed by atoms with Gasteiger partial charge in [-0.05, 0) is 39.7 Å². The summed E-state index contributed by atoms with van der Waals surface area (Å²) in [7, 11) is 0. The van der Waals surface area contributed by atoms with Crippen LogP contribution in [0, 0.1) is 17.1 Å². The molecule has 0 N–H and O–H groups in total. The molecular formula is C12H7BrFN3O. The summed E-state index contributed by atoms with van der Waals surface area (Å²) in [5.41, 5.74) is 0.502. The van der Waals surface area contributed by atoms with Crippen LogP contribution < -0.4 is 5.56 Å². The van der Waals surface area contributed by atoms with Gasteiger partial charge in [0.2, 0.25) is 0 Å². The smallest absolute Gasteiger partial charge is 0.267 e. The summed E-state index contributed by atoms with van der Waals surface area (Å²) >= 11 is 3.08. The number of hydrogen-bond acceptors (Lipinski definition) is 3. The Morgan fingerprint density at radius 3 is 2.94 bits per heavy atom. The largest absolute Gasteiger partial charge is 0.294 e. The zero-order valence-corrected chi connectivity index (χ0v) is 10.7. The van der Waals surface area contributed by atoms with Gasteiger partial charge in [-0.2, -0.15) is 5.26 Å². The van der Waals surface area contributed by atoms with Gasteiger partial charge >= 0.3 is 0 Å². The Balaban J connectivity index is 2.41. The van der Waals surface area contributed by atoms with Gasteiger partial charge in [0, 0.05) is 6.20 Å². The molecule has 0 aliphatic carbocycles. The predicted octanol–water partition coefficient (Wildman–Crippen LogP) is 2.06. The third-order valence-corrected chi connectivity index (χ3v) is 2.84. The van der Waals surface area contributed by atoms with Crippen LogP contribution in [0.3, 0.4) is 0 Å². The molecule has 0 spiro atoms. The second kappa shape index (κ2) is 5.10. The third kappa shape index (κ3) is 2.63. The number of nitrogens with zero attached hydrogens (tertiary/aromatic N) is 3. The van der Waals surface area contributed by atoms with Crippen LogP contribution in [-0.4, -0.2) is 9.55 Å². The molecule has 2 aromatic rings. The molecule has 2 rings (SSSR count). The quantitative estimate of drug-likeness (QED) is 0.853. The Hall–Kier alpha value is -2.00. The fraction of sp³-hybridized carbons (Fsp3) is 0.0833. The lowest BCUT2D eigenvalue weighted by Gasteiger charge is -2.06. The van der Waals surface area contributed by atoms with Crippen LogP contribution in [0.4, 0.5) is 4.39 Å². The van der Waals surface area contributed by atoms with E-state index in [-0.39, 0.29) is 17.7 Å². The van der Waals surface area contributed by atoms with Crippen molar-refractivity contribution in [2.75, 3.05) is 0 Å². The lowest BCUT2D eigenvalue weighted by molar-refractivity contribution is 0.621. The van der Waals surface area contributed by atoms with Crippen molar-refractivity contribution in [2.24, 2.45) is 0 Å². The van der Waals surface area contributed by atoms with E-state index in [0.29, 0.717) is 10.0 Å². The molecule has 1 aromatic heterocycles. The van der Waals surface area contributed by atoms with E-state index < -0.39 is 5.82 Å². The molecule has 0 saturated carbocycles. The summed E-state index contributed by atoms with van der Waals surface area (Å²) in [6.07, 6.45) is 2.76. The molecule has 1 heterocycles. The number of benzene rings is 1. The van der Waals surface area contributed by atoms with E-state index in [1.54, 1.807) is 0 Å². The van der Waals surface area contributed by atoms with Crippen molar-refractivity contribution in [2.45, 2.75) is 6.54 Å². The second-order valence-electron chi connectivity index (χ2n) is 3.63. The summed E-state index contributed by atoms with van der Waals surface area (Å²) in [6.45, 7) is 0.164. The molecule has 0 bridgehead atoms. The van der Waals surface area contributed by atoms with Gasteiger partial charge in [-0.3, -0.25) is 9.36 Å². The summed E-state index contributed by atoms with van der Waals surface area (Å²) in [6, 6.07) is 5.84. The van der Waals surface area contributed by atoms with Crippen LogP contribution in [0.2, 0.25) is 0 Å². The van der Waals surface area contributed by atoms with Crippen molar-refractivity contribution in [3.63, 3.8) is 0 Å². The van der Waals surface area contributed by atoms with E-state index in [9.17, 15) is 9.18 Å². The summed E-state index contributed by atoms with van der Waals surface area (Å²) < 4.78 is 14.9. The SMILES string of the molecule is N#Cc1cc(F)cc(Cn2cncc(Br)c2=O)c1. The highest BCUT2D eigenvalue weighted by Gasteiger charge is 2.04. The minimum Gasteiger partial charge on any atom is -0.294 e. The highest BCUT2D eigenvalue weighted by molar-refractivity contribution is 9.10. The molecule has 0 saturated heterocycles. The first-order valence-electron chi connectivity index (χ1n) is 4.99. The van der Waals surface area contributed by atoms with Gasteiger partial charge in [-0.15, -0.1) is 0 Å². The van der Waals surface area contributed by atoms with Crippen molar-refractivity contribution >= 4 is 15.9 Å². The van der Waals surface area contributed by atoms with Crippen molar-refractivity contribution in [3.8, 4) is 6.07 Å². The van der Waals surface area contributed by atoms with E-state index in [4.69, 9.17) is 5.26 Å². The highest BCUT2D eigenvalue weighted by atomic mass is 79.9. The first kappa shape index (κ1) is 12.5. The molecule has 0 aliphatic heterocycles. The topological polar surface area (TPSA) is 58.7 Å². The van der Waals surface area contributed by atoms with Crippen molar-refractivity contribution in [1.82, 2.24) is 9.55 Å². The first-order valence-corrected chi connectivity index (χ1v) is 5.79. The van der Waals surface area contributed by atoms with Crippen LogP contribution in [0.15, 0.2) is 40.0 Å². The number of hydrogen-bond donors (Lipinski definition) is 0. The summed E-state index contributed by atoms with van der Waals surface area (Å²) in [5.74, 6) is -0.500. The number of aromatic nitrogens is 2. The van der Waals surface area contributed by atoms with Gasteiger partial charge in [0.15, 0.2) is 0 Å². The predicted molar refractivity (Wildman–Crippen MR) is 66.4 cm³/mol. The van der Waals surface area contributed by atoms with Gasteiger partial charge in [-0.25, -0.2) is 9.37 Å². The van der Waals surface area contributed by atoms with Crippen LogP contribution in [0.5, 0.6) is 0 Å². The molecule has 0 unspecified atom stereocenters. The molecule has 0 atom stereocenters. The average Bonchev–Trinajstić information content (AvgIpc) is 2.34. The number of halogens is 2. The fourth-order valence-electron chi connectivity index (χ4n) is 1.54. The number of rotatable bonds is 2. The van der Waals surface area contributed by atoms with Gasteiger partial charge in [0.1, 0.15) is 10.3 Å². The fourth-order valence-corrected chi connectivity index (χ4v) is 1.89. The van der Waals surface area contributed by atoms with Crippen LogP contribution in [-0.2, 0) is 6.54 Å². The van der Waals surface area contributed by atoms with Crippen molar-refractivity contribution in [3.05, 3.63) is 62.5 Å². The Morgan fingerprint density at radius 1 is 1.44 bits per heavy atom. The zero-order chi connectivity index (χ0) is 13.1. The Bertz CT molecular complexity index is 690. The van der Waals surface area contributed by atoms with Gasteiger partial charge < -0.3 is 0 Å². The molecule has 0 aliphatic rings. The van der Waals surface area contributed by atoms with Gasteiger partial charge in [0.25, 0.3) is 5.56 Å². The van der Waals surface area contributed by atoms with Crippen molar-refractivity contribution in [1.29, 1.82) is 5.26 Å². The van der Waals surface area contributed by atoms with Gasteiger partial charge in [-0.1, -0.05) is 0 Å². The third-order valence-electron chi connectivity index (χ3n) is 2.30. The Kier molecular flexibility index (Phi) is 3.53. The monoisotopic (exact) mass is 307 g/mol. The van der Waals surface area contributed by atoms with E-state index in [1.807, 2.05) is 6.07 Å². The molecule has 0 amide bonds. The van der Waals surface area contributed by atoms with Crippen LogP contribution in [0.25, 0.3) is 0 Å². The minimum atomic E-state index is -0.500. The normalized spacial score (nSPS) is 10.1. The lowest BCUT2D eigenvalue weighted by Crippen LogP contribution is -2.21. The maximum Gasteiger partial charge on any atom is 0.267 e. The standard InChI is InChI=1S/C12H7BrFN3O/c13-11-5-16-7-17(12(11)18)6-9-1-8(4-15)2-10(14)3-9/h1-3,5,7H,6H2. The minimum absolute atomic E-state index is 0.164. The maximum atomic E-state index is 13.2. The molecule has 90 valence electrons. The maximum absolute atomic E-state index is 13.2. The molecular weight excluding hydrogens is 301 g/mol. The van der Waals surface area contributed by atoms with Crippen LogP contribution in [0.1, 0.15) is 11.1 Å². The summed E-state index contributed by atoms with van der Waals surface area (Å²) in [5, 5.41) is 8.75. The van der Waals surface area contributed by atoms with Crippen LogP contribution >= 0.6 is 15.9 Å². The molecule has 0 radical (unpaired) electrons. The number of nitriles is 1. The Labute approximate surface area is 110 Å². The second-order valence-corrected chi connectivity index (χ2v) is 4.49. The lowest BCUT2D eigenvalue weighted by atomic mass is 10.1. The van der Waals surface area contributed by atoms with E-state index >= 15 is 0 Å². The average molecular weight is 308 g/mol. The van der Waals surface area contributed by atoms with Gasteiger partial charge in [0.05, 0.1) is 24.5 Å². The Morgan fingerprint density at radius 2 is 2.22 bits per heavy atom. The molecule has 6 heteroatoms. The first-order chi connectivity index (χ1) is 8.60. The van der Waals surface area contributed by atoms with E-state index in [0.717, 1.165) is 6.07 Å². The molecule has 0 fully saturated rings. The molecule has 1 aromatic carbocycles. The van der Waals surface area contributed by atoms with E-state index in [2.05, 4.69) is 20.9 Å². The zero-order valence-electron chi connectivity index (χ0n) is 9.10. The molecule has 4 nitrogen and oxygen atoms in total. The highest BCUT2D eigenvalue weighted by Crippen LogP contribution is 2.10.